The minimum Gasteiger partial charge on any atom is -0.550 e. The van der Waals surface area contributed by atoms with E-state index in [2.05, 4.69) is 0 Å². The third kappa shape index (κ3) is 63.7. The van der Waals surface area contributed by atoms with Crippen molar-refractivity contribution in [2.75, 3.05) is 0 Å². The van der Waals surface area contributed by atoms with Crippen LogP contribution in [0, 0.1) is 0 Å². The first-order valence-electron chi connectivity index (χ1n) is 6.03. The Morgan fingerprint density at radius 2 is 1.00 bits per heavy atom. The average Bonchev–Trinajstić information content (AvgIpc) is 2.29. The third-order valence-electron chi connectivity index (χ3n) is 1.82. The Bertz CT molecular complexity index is 301. The zero-order valence-electron chi connectivity index (χ0n) is 13.0. The summed E-state index contributed by atoms with van der Waals surface area (Å²) < 4.78 is 0. The zero-order chi connectivity index (χ0) is 17.4. The predicted molar refractivity (Wildman–Crippen MR) is 67.5 cm³/mol. The molecule has 5 N–H and O–H groups in total. The van der Waals surface area contributed by atoms with E-state index in [1.54, 1.807) is 0 Å². The van der Waals surface area contributed by atoms with E-state index in [4.69, 9.17) is 45.3 Å². The van der Waals surface area contributed by atoms with Crippen LogP contribution in [0.1, 0.15) is 46.0 Å². The number of aliphatic carboxylic acids is 4. The molecule has 0 bridgehead atoms. The second-order valence-electron chi connectivity index (χ2n) is 3.96. The van der Waals surface area contributed by atoms with Crippen LogP contribution in [-0.2, 0) is 40.2 Å². The molecule has 138 valence electrons. The molecule has 1 saturated carbocycles. The van der Waals surface area contributed by atoms with Gasteiger partial charge in [-0.15, -0.1) is 0 Å². The third-order valence-corrected chi connectivity index (χ3v) is 1.82. The SMILES string of the molecule is CC(=O)[O-].CC(=O)[O-].N.NC1CCCCC1.O=C([O-])C(=O)[O-].[Pt+4]. The molecule has 0 saturated heterocycles. The number of nitrogens with two attached hydrogens (primary N) is 1. The Balaban J connectivity index is -0.0000000628. The maximum absolute atomic E-state index is 8.93. The van der Waals surface area contributed by atoms with Gasteiger partial charge in [0.1, 0.15) is 0 Å². The first-order valence-corrected chi connectivity index (χ1v) is 6.03. The number of hydrogen-bond donors (Lipinski definition) is 2. The first kappa shape index (κ1) is 33.2. The van der Waals surface area contributed by atoms with E-state index in [9.17, 15) is 0 Å². The second kappa shape index (κ2) is 22.8. The normalized spacial score (nSPS) is 11.8. The minimum absolute atomic E-state index is 0. The Labute approximate surface area is 148 Å². The molecule has 0 aliphatic heterocycles. The van der Waals surface area contributed by atoms with E-state index in [-0.39, 0.29) is 27.2 Å². The van der Waals surface area contributed by atoms with Crippen molar-refractivity contribution in [2.24, 2.45) is 5.73 Å². The van der Waals surface area contributed by atoms with Crippen molar-refractivity contribution in [1.82, 2.24) is 6.15 Å². The number of carboxylic acids is 4. The molecule has 0 aromatic heterocycles. The van der Waals surface area contributed by atoms with Crippen LogP contribution < -0.4 is 32.3 Å². The van der Waals surface area contributed by atoms with Gasteiger partial charge in [-0.2, -0.15) is 0 Å². The molecule has 10 nitrogen and oxygen atoms in total. The van der Waals surface area contributed by atoms with Crippen molar-refractivity contribution in [3.8, 4) is 0 Å². The van der Waals surface area contributed by atoms with Crippen LogP contribution in [0.2, 0.25) is 0 Å². The van der Waals surface area contributed by atoms with Gasteiger partial charge in [0, 0.05) is 18.0 Å². The van der Waals surface area contributed by atoms with Crippen LogP contribution in [0.4, 0.5) is 0 Å². The van der Waals surface area contributed by atoms with E-state index < -0.39 is 23.9 Å². The fourth-order valence-electron chi connectivity index (χ4n) is 1.13. The maximum Gasteiger partial charge on any atom is 4.00 e. The molecule has 0 radical (unpaired) electrons. The van der Waals surface area contributed by atoms with E-state index in [0.717, 1.165) is 13.8 Å². The molecule has 1 fully saturated rings. The van der Waals surface area contributed by atoms with Crippen molar-refractivity contribution in [3.05, 3.63) is 0 Å². The van der Waals surface area contributed by atoms with Crippen molar-refractivity contribution in [3.63, 3.8) is 0 Å². The maximum atomic E-state index is 8.93. The fourth-order valence-corrected chi connectivity index (χ4v) is 1.13. The minimum atomic E-state index is -2.19. The smallest absolute Gasteiger partial charge is 0.550 e. The molecule has 1 aliphatic carbocycles. The molecule has 0 spiro atoms. The summed E-state index contributed by atoms with van der Waals surface area (Å²) in [5.41, 5.74) is 5.63. The van der Waals surface area contributed by atoms with Gasteiger partial charge in [0.05, 0.1) is 11.9 Å². The summed E-state index contributed by atoms with van der Waals surface area (Å²) in [5, 5.41) is 35.6. The first-order chi connectivity index (χ1) is 9.50. The van der Waals surface area contributed by atoms with Gasteiger partial charge in [0.15, 0.2) is 0 Å². The molecule has 0 atom stereocenters. The summed E-state index contributed by atoms with van der Waals surface area (Å²) in [6.45, 7) is 1.94. The molecule has 0 heterocycles. The van der Waals surface area contributed by atoms with E-state index in [0.29, 0.717) is 6.04 Å². The molecule has 1 aliphatic rings. The van der Waals surface area contributed by atoms with Crippen LogP contribution in [0.3, 0.4) is 0 Å². The van der Waals surface area contributed by atoms with Crippen molar-refractivity contribution in [1.29, 1.82) is 0 Å². The molecule has 0 aromatic rings. The van der Waals surface area contributed by atoms with Gasteiger partial charge in [0.25, 0.3) is 0 Å². The molecule has 23 heavy (non-hydrogen) atoms. The monoisotopic (exact) mass is 517 g/mol. The Morgan fingerprint density at radius 1 is 0.783 bits per heavy atom. The molecular formula is C12H22N2O8Pt. The number of rotatable bonds is 0. The summed E-state index contributed by atoms with van der Waals surface area (Å²) in [7, 11) is 0. The Kier molecular flexibility index (Phi) is 32.8. The summed E-state index contributed by atoms with van der Waals surface area (Å²) in [4.78, 5) is 35.6. The van der Waals surface area contributed by atoms with Crippen molar-refractivity contribution in [2.45, 2.75) is 52.0 Å². The zero-order valence-corrected chi connectivity index (χ0v) is 15.3. The van der Waals surface area contributed by atoms with Gasteiger partial charge in [-0.05, 0) is 26.7 Å². The Hall–Kier alpha value is -1.51. The molecule has 11 heteroatoms. The van der Waals surface area contributed by atoms with Gasteiger partial charge in [-0.1, -0.05) is 19.3 Å². The van der Waals surface area contributed by atoms with Crippen LogP contribution in [0.15, 0.2) is 0 Å². The number of carbonyl (C=O) groups excluding carboxylic acids is 4. The van der Waals surface area contributed by atoms with Gasteiger partial charge in [-0.25, -0.2) is 0 Å². The summed E-state index contributed by atoms with van der Waals surface area (Å²) in [6, 6.07) is 0.536. The summed E-state index contributed by atoms with van der Waals surface area (Å²) >= 11 is 0. The number of carbonyl (C=O) groups is 4. The van der Waals surface area contributed by atoms with Crippen LogP contribution >= 0.6 is 0 Å². The predicted octanol–water partition coefficient (Wildman–Crippen LogP) is -4.56. The summed E-state index contributed by atoms with van der Waals surface area (Å²) in [6.07, 6.45) is 6.66. The molecule has 1 rings (SSSR count). The van der Waals surface area contributed by atoms with Crippen LogP contribution in [0.5, 0.6) is 0 Å². The van der Waals surface area contributed by atoms with E-state index in [1.807, 2.05) is 0 Å². The second-order valence-corrected chi connectivity index (χ2v) is 3.96. The van der Waals surface area contributed by atoms with Crippen molar-refractivity contribution < 1.29 is 60.7 Å². The van der Waals surface area contributed by atoms with Gasteiger partial charge in [-0.3, -0.25) is 0 Å². The largest absolute Gasteiger partial charge is 4.00 e. The van der Waals surface area contributed by atoms with E-state index in [1.165, 1.54) is 32.1 Å². The standard InChI is InChI=1S/C6H13N.C2H2O4.2C2H4O2.H3N.Pt/c7-6-4-2-1-3-5-6;3-1(4)2(5)6;2*1-2(3)4;;/h6H,1-5,7H2;(H,3,4)(H,5,6);2*1H3,(H,3,4);1H3;/q;;;;;+4/p-4. The van der Waals surface area contributed by atoms with Gasteiger partial charge in [0.2, 0.25) is 0 Å². The topological polar surface area (TPSA) is 222 Å². The number of hydrogen-bond acceptors (Lipinski definition) is 10. The van der Waals surface area contributed by atoms with Crippen LogP contribution in [-0.4, -0.2) is 29.9 Å². The van der Waals surface area contributed by atoms with Gasteiger partial charge >= 0.3 is 21.1 Å². The molecule has 0 amide bonds. The molecule has 0 unspecified atom stereocenters. The van der Waals surface area contributed by atoms with E-state index >= 15 is 0 Å². The summed E-state index contributed by atoms with van der Waals surface area (Å²) in [5.74, 6) is -6.54. The Morgan fingerprint density at radius 3 is 1.09 bits per heavy atom. The quantitative estimate of drug-likeness (QED) is 0.293. The van der Waals surface area contributed by atoms with Gasteiger partial charge < -0.3 is 51.5 Å². The van der Waals surface area contributed by atoms with Crippen LogP contribution in [0.25, 0.3) is 0 Å². The fraction of sp³-hybridized carbons (Fsp3) is 0.667. The molecule has 0 aromatic carbocycles. The number of carboxylic acid groups (broad SMARTS) is 4. The molecular weight excluding hydrogens is 495 g/mol. The van der Waals surface area contributed by atoms with Crippen molar-refractivity contribution >= 4 is 23.9 Å². The average molecular weight is 517 g/mol.